The van der Waals surface area contributed by atoms with E-state index in [4.69, 9.17) is 0 Å². The maximum absolute atomic E-state index is 12.4. The maximum atomic E-state index is 12.4. The molecule has 0 spiro atoms. The summed E-state index contributed by atoms with van der Waals surface area (Å²) < 4.78 is 0. The van der Waals surface area contributed by atoms with Crippen molar-refractivity contribution in [2.75, 3.05) is 0 Å². The molecule has 2 aliphatic rings. The lowest BCUT2D eigenvalue weighted by Crippen LogP contribution is -2.67. The van der Waals surface area contributed by atoms with Gasteiger partial charge in [0.1, 0.15) is 12.1 Å². The number of carbonyl (C=O) groups excluding carboxylic acids is 2. The summed E-state index contributed by atoms with van der Waals surface area (Å²) in [4.78, 5) is 26.2. The van der Waals surface area contributed by atoms with Gasteiger partial charge < -0.3 is 10.2 Å². The molecule has 2 atom stereocenters. The largest absolute Gasteiger partial charge is 0.343 e. The van der Waals surface area contributed by atoms with Crippen LogP contribution in [-0.4, -0.2) is 34.3 Å². The van der Waals surface area contributed by atoms with Crippen molar-refractivity contribution < 1.29 is 9.59 Å². The summed E-state index contributed by atoms with van der Waals surface area (Å²) in [7, 11) is 0. The Labute approximate surface area is 103 Å². The number of nitrogens with zero attached hydrogens (tertiary/aromatic N) is 1. The second-order valence-electron chi connectivity index (χ2n) is 5.56. The van der Waals surface area contributed by atoms with Crippen LogP contribution in [-0.2, 0) is 9.59 Å². The Morgan fingerprint density at radius 1 is 1.35 bits per heavy atom. The van der Waals surface area contributed by atoms with Crippen LogP contribution in [0.15, 0.2) is 0 Å². The number of hydrogen-bond donors (Lipinski definition) is 1. The molecule has 0 aromatic rings. The summed E-state index contributed by atoms with van der Waals surface area (Å²) in [5, 5.41) is 2.81. The lowest BCUT2D eigenvalue weighted by atomic mass is 9.92. The summed E-state index contributed by atoms with van der Waals surface area (Å²) in [5.74, 6) is 0.0913. The van der Waals surface area contributed by atoms with Crippen molar-refractivity contribution in [1.82, 2.24) is 10.2 Å². The minimum atomic E-state index is -0.326. The van der Waals surface area contributed by atoms with Gasteiger partial charge in [0.25, 0.3) is 0 Å². The van der Waals surface area contributed by atoms with Crippen molar-refractivity contribution in [1.29, 1.82) is 0 Å². The van der Waals surface area contributed by atoms with Crippen LogP contribution in [0.3, 0.4) is 0 Å². The number of carbonyl (C=O) groups is 2. The van der Waals surface area contributed by atoms with Crippen LogP contribution < -0.4 is 5.32 Å². The van der Waals surface area contributed by atoms with Gasteiger partial charge in [-0.1, -0.05) is 19.8 Å². The normalized spacial score (nSPS) is 32.8. The molecule has 0 radical (unpaired) electrons. The molecule has 0 aromatic heterocycles. The standard InChI is InChI=1S/C13H22N2O2/c1-4-10-12(17)15(9(2)11(16)14-10)13(3)7-5-6-8-13/h9-10H,4-8H2,1-3H3,(H,14,16). The van der Waals surface area contributed by atoms with Crippen molar-refractivity contribution in [3.63, 3.8) is 0 Å². The van der Waals surface area contributed by atoms with Gasteiger partial charge >= 0.3 is 0 Å². The quantitative estimate of drug-likeness (QED) is 0.791. The summed E-state index contributed by atoms with van der Waals surface area (Å²) in [6.45, 7) is 5.90. The van der Waals surface area contributed by atoms with Crippen molar-refractivity contribution >= 4 is 11.8 Å². The Kier molecular flexibility index (Phi) is 3.15. The predicted molar refractivity (Wildman–Crippen MR) is 65.4 cm³/mol. The third-order valence-corrected chi connectivity index (χ3v) is 4.29. The molecule has 1 aliphatic heterocycles. The number of nitrogens with one attached hydrogen (secondary N) is 1. The van der Waals surface area contributed by atoms with Crippen molar-refractivity contribution in [2.24, 2.45) is 0 Å². The van der Waals surface area contributed by atoms with E-state index < -0.39 is 0 Å². The van der Waals surface area contributed by atoms with E-state index in [0.717, 1.165) is 25.7 Å². The minimum Gasteiger partial charge on any atom is -0.343 e. The van der Waals surface area contributed by atoms with Crippen LogP contribution in [0.5, 0.6) is 0 Å². The second kappa shape index (κ2) is 4.31. The average Bonchev–Trinajstić information content (AvgIpc) is 2.71. The Hall–Kier alpha value is -1.06. The molecular weight excluding hydrogens is 216 g/mol. The van der Waals surface area contributed by atoms with Gasteiger partial charge in [-0.05, 0) is 33.1 Å². The van der Waals surface area contributed by atoms with E-state index in [1.54, 1.807) is 0 Å². The minimum absolute atomic E-state index is 0.00965. The van der Waals surface area contributed by atoms with Crippen LogP contribution in [0.1, 0.15) is 52.9 Å². The van der Waals surface area contributed by atoms with E-state index in [-0.39, 0.29) is 29.4 Å². The highest BCUT2D eigenvalue weighted by atomic mass is 16.2. The molecule has 1 aliphatic carbocycles. The molecule has 1 heterocycles. The number of hydrogen-bond acceptors (Lipinski definition) is 2. The lowest BCUT2D eigenvalue weighted by molar-refractivity contribution is -0.155. The Balaban J connectivity index is 2.28. The van der Waals surface area contributed by atoms with Crippen LogP contribution in [0, 0.1) is 0 Å². The molecule has 2 unspecified atom stereocenters. The first-order chi connectivity index (χ1) is 7.99. The molecule has 0 bridgehead atoms. The molecule has 1 saturated carbocycles. The van der Waals surface area contributed by atoms with Crippen molar-refractivity contribution in [2.45, 2.75) is 70.5 Å². The lowest BCUT2D eigenvalue weighted by Gasteiger charge is -2.46. The molecule has 4 heteroatoms. The Morgan fingerprint density at radius 2 is 1.94 bits per heavy atom. The van der Waals surface area contributed by atoms with Crippen LogP contribution in [0.4, 0.5) is 0 Å². The zero-order valence-electron chi connectivity index (χ0n) is 11.0. The molecular formula is C13H22N2O2. The second-order valence-corrected chi connectivity index (χ2v) is 5.56. The Bertz CT molecular complexity index is 334. The van der Waals surface area contributed by atoms with Gasteiger partial charge in [-0.15, -0.1) is 0 Å². The number of amides is 2. The molecule has 2 fully saturated rings. The van der Waals surface area contributed by atoms with E-state index in [1.165, 1.54) is 0 Å². The highest BCUT2D eigenvalue weighted by Crippen LogP contribution is 2.37. The van der Waals surface area contributed by atoms with E-state index in [1.807, 2.05) is 18.7 Å². The fourth-order valence-corrected chi connectivity index (χ4v) is 3.22. The van der Waals surface area contributed by atoms with Gasteiger partial charge in [0.2, 0.25) is 11.8 Å². The average molecular weight is 238 g/mol. The summed E-state index contributed by atoms with van der Waals surface area (Å²) in [5.41, 5.74) is -0.109. The first-order valence-corrected chi connectivity index (χ1v) is 6.63. The summed E-state index contributed by atoms with van der Waals surface area (Å²) >= 11 is 0. The number of rotatable bonds is 2. The van der Waals surface area contributed by atoms with E-state index >= 15 is 0 Å². The summed E-state index contributed by atoms with van der Waals surface area (Å²) in [6, 6.07) is -0.649. The Morgan fingerprint density at radius 3 is 2.47 bits per heavy atom. The predicted octanol–water partition coefficient (Wildman–Crippen LogP) is 1.44. The highest BCUT2D eigenvalue weighted by Gasteiger charge is 2.47. The van der Waals surface area contributed by atoms with Crippen molar-refractivity contribution in [3.8, 4) is 0 Å². The topological polar surface area (TPSA) is 49.4 Å². The first-order valence-electron chi connectivity index (χ1n) is 6.63. The highest BCUT2D eigenvalue weighted by molar-refractivity contribution is 5.97. The van der Waals surface area contributed by atoms with Gasteiger partial charge in [0.15, 0.2) is 0 Å². The van der Waals surface area contributed by atoms with E-state index in [2.05, 4.69) is 12.2 Å². The molecule has 1 saturated heterocycles. The smallest absolute Gasteiger partial charge is 0.246 e. The molecule has 0 aromatic carbocycles. The molecule has 96 valence electrons. The molecule has 1 N–H and O–H groups in total. The van der Waals surface area contributed by atoms with Crippen molar-refractivity contribution in [3.05, 3.63) is 0 Å². The zero-order valence-corrected chi connectivity index (χ0v) is 11.0. The summed E-state index contributed by atoms with van der Waals surface area (Å²) in [6.07, 6.45) is 5.03. The fourth-order valence-electron chi connectivity index (χ4n) is 3.22. The van der Waals surface area contributed by atoms with E-state index in [0.29, 0.717) is 6.42 Å². The molecule has 17 heavy (non-hydrogen) atoms. The van der Waals surface area contributed by atoms with Gasteiger partial charge in [0.05, 0.1) is 0 Å². The monoisotopic (exact) mass is 238 g/mol. The molecule has 4 nitrogen and oxygen atoms in total. The van der Waals surface area contributed by atoms with Gasteiger partial charge in [-0.25, -0.2) is 0 Å². The van der Waals surface area contributed by atoms with Gasteiger partial charge in [-0.2, -0.15) is 0 Å². The molecule has 2 amide bonds. The number of piperazine rings is 1. The third kappa shape index (κ3) is 1.94. The SMILES string of the molecule is CCC1NC(=O)C(C)N(C2(C)CCCC2)C1=O. The van der Waals surface area contributed by atoms with Crippen LogP contribution >= 0.6 is 0 Å². The molecule has 2 rings (SSSR count). The first kappa shape index (κ1) is 12.4. The van der Waals surface area contributed by atoms with Gasteiger partial charge in [0, 0.05) is 5.54 Å². The fraction of sp³-hybridized carbons (Fsp3) is 0.846. The van der Waals surface area contributed by atoms with Crippen LogP contribution in [0.2, 0.25) is 0 Å². The third-order valence-electron chi connectivity index (χ3n) is 4.29. The zero-order chi connectivity index (χ0) is 12.6. The van der Waals surface area contributed by atoms with Crippen LogP contribution in [0.25, 0.3) is 0 Å². The maximum Gasteiger partial charge on any atom is 0.246 e. The van der Waals surface area contributed by atoms with Gasteiger partial charge in [-0.3, -0.25) is 9.59 Å². The van der Waals surface area contributed by atoms with E-state index in [9.17, 15) is 9.59 Å².